The molecule has 6 nitrogen and oxygen atoms in total. The van der Waals surface area contributed by atoms with Gasteiger partial charge >= 0.3 is 0 Å². The van der Waals surface area contributed by atoms with Gasteiger partial charge in [0.1, 0.15) is 36.1 Å². The quantitative estimate of drug-likeness (QED) is 0.238. The second-order valence-corrected chi connectivity index (χ2v) is 3.59. The average Bonchev–Trinajstić information content (AvgIpc) is 2.09. The number of aliphatic hydroxyl groups excluding tert-OH is 5. The van der Waals surface area contributed by atoms with Crippen LogP contribution in [-0.2, 0) is 0 Å². The normalized spacial score (nSPS) is 57.9. The molecule has 0 bridgehead atoms. The minimum absolute atomic E-state index is 1.07. The van der Waals surface area contributed by atoms with Crippen molar-refractivity contribution in [2.75, 3.05) is 0 Å². The highest BCUT2D eigenvalue weighted by molar-refractivity contribution is 5.05. The minimum Gasteiger partial charge on any atom is -0.387 e. The highest BCUT2D eigenvalue weighted by atomic mass is 16.4. The first-order valence-corrected chi connectivity index (χ1v) is 3.93. The molecule has 2 unspecified atom stereocenters. The van der Waals surface area contributed by atoms with Crippen molar-refractivity contribution >= 4 is 0 Å². The smallest absolute Gasteiger partial charge is 0.119 e. The molecule has 0 aromatic carbocycles. The van der Waals surface area contributed by atoms with Gasteiger partial charge in [-0.15, -0.1) is 0 Å². The molecule has 0 aromatic heterocycles. The SMILES string of the molecule is CC1(O)[C@@H](O)[C@H](O)C(O)[C@H](O)[C@@H]1O. The van der Waals surface area contributed by atoms with E-state index in [4.69, 9.17) is 15.3 Å². The summed E-state index contributed by atoms with van der Waals surface area (Å²) < 4.78 is 0. The largest absolute Gasteiger partial charge is 0.387 e. The molecular weight excluding hydrogens is 180 g/mol. The monoisotopic (exact) mass is 194 g/mol. The molecule has 0 aromatic rings. The van der Waals surface area contributed by atoms with Crippen molar-refractivity contribution in [3.05, 3.63) is 0 Å². The fourth-order valence-electron chi connectivity index (χ4n) is 1.44. The molecule has 0 amide bonds. The molecule has 6 atom stereocenters. The topological polar surface area (TPSA) is 121 Å². The Morgan fingerprint density at radius 3 is 1.38 bits per heavy atom. The second kappa shape index (κ2) is 3.16. The lowest BCUT2D eigenvalue weighted by molar-refractivity contribution is -0.261. The Kier molecular flexibility index (Phi) is 2.63. The van der Waals surface area contributed by atoms with Crippen LogP contribution in [0.25, 0.3) is 0 Å². The van der Waals surface area contributed by atoms with E-state index >= 15 is 0 Å². The Morgan fingerprint density at radius 1 is 0.769 bits per heavy atom. The Hall–Kier alpha value is -0.240. The van der Waals surface area contributed by atoms with E-state index in [-0.39, 0.29) is 0 Å². The van der Waals surface area contributed by atoms with Crippen LogP contribution in [0.5, 0.6) is 0 Å². The lowest BCUT2D eigenvalue weighted by Gasteiger charge is -2.45. The van der Waals surface area contributed by atoms with Gasteiger partial charge in [0.15, 0.2) is 0 Å². The van der Waals surface area contributed by atoms with Gasteiger partial charge in [-0.2, -0.15) is 0 Å². The van der Waals surface area contributed by atoms with E-state index in [1.807, 2.05) is 0 Å². The van der Waals surface area contributed by atoms with Crippen LogP contribution in [0, 0.1) is 0 Å². The summed E-state index contributed by atoms with van der Waals surface area (Å²) >= 11 is 0. The molecule has 1 saturated carbocycles. The van der Waals surface area contributed by atoms with Crippen molar-refractivity contribution in [1.29, 1.82) is 0 Å². The van der Waals surface area contributed by atoms with Gasteiger partial charge in [0.2, 0.25) is 0 Å². The molecule has 0 radical (unpaired) electrons. The van der Waals surface area contributed by atoms with Gasteiger partial charge in [0.25, 0.3) is 0 Å². The van der Waals surface area contributed by atoms with E-state index in [9.17, 15) is 15.3 Å². The summed E-state index contributed by atoms with van der Waals surface area (Å²) in [6.45, 7) is 1.07. The molecule has 1 fully saturated rings. The summed E-state index contributed by atoms with van der Waals surface area (Å²) in [7, 11) is 0. The maximum Gasteiger partial charge on any atom is 0.119 e. The van der Waals surface area contributed by atoms with Crippen molar-refractivity contribution in [2.45, 2.75) is 43.0 Å². The third kappa shape index (κ3) is 1.45. The Morgan fingerprint density at radius 2 is 1.08 bits per heavy atom. The third-order valence-electron chi connectivity index (χ3n) is 2.54. The second-order valence-electron chi connectivity index (χ2n) is 3.59. The predicted molar refractivity (Wildman–Crippen MR) is 40.7 cm³/mol. The fraction of sp³-hybridized carbons (Fsp3) is 1.00. The number of hydrogen-bond acceptors (Lipinski definition) is 6. The van der Waals surface area contributed by atoms with Crippen LogP contribution in [0.2, 0.25) is 0 Å². The average molecular weight is 194 g/mol. The molecule has 1 aliphatic rings. The number of hydrogen-bond donors (Lipinski definition) is 6. The molecule has 1 aliphatic carbocycles. The summed E-state index contributed by atoms with van der Waals surface area (Å²) in [4.78, 5) is 0. The zero-order valence-corrected chi connectivity index (χ0v) is 7.07. The lowest BCUT2D eigenvalue weighted by Crippen LogP contribution is -2.69. The van der Waals surface area contributed by atoms with E-state index in [2.05, 4.69) is 0 Å². The highest BCUT2D eigenvalue weighted by Gasteiger charge is 2.54. The maximum atomic E-state index is 9.44. The summed E-state index contributed by atoms with van der Waals surface area (Å²) in [5, 5.41) is 55.3. The Balaban J connectivity index is 2.93. The lowest BCUT2D eigenvalue weighted by atomic mass is 9.76. The molecule has 13 heavy (non-hydrogen) atoms. The van der Waals surface area contributed by atoms with E-state index in [0.29, 0.717) is 0 Å². The maximum absolute atomic E-state index is 9.44. The first kappa shape index (κ1) is 10.8. The summed E-state index contributed by atoms with van der Waals surface area (Å²) in [6.07, 6.45) is -8.39. The highest BCUT2D eigenvalue weighted by Crippen LogP contribution is 2.29. The van der Waals surface area contributed by atoms with Crippen LogP contribution < -0.4 is 0 Å². The predicted octanol–water partition coefficient (Wildman–Crippen LogP) is -3.44. The first-order chi connectivity index (χ1) is 5.80. The van der Waals surface area contributed by atoms with Crippen LogP contribution in [-0.4, -0.2) is 66.8 Å². The van der Waals surface area contributed by atoms with Crippen molar-refractivity contribution in [2.24, 2.45) is 0 Å². The Bertz CT molecular complexity index is 175. The molecule has 6 N–H and O–H groups in total. The van der Waals surface area contributed by atoms with Crippen LogP contribution in [0.4, 0.5) is 0 Å². The van der Waals surface area contributed by atoms with Crippen LogP contribution in [0.1, 0.15) is 6.92 Å². The van der Waals surface area contributed by atoms with Crippen molar-refractivity contribution in [3.8, 4) is 0 Å². The summed E-state index contributed by atoms with van der Waals surface area (Å²) in [5.74, 6) is 0. The van der Waals surface area contributed by atoms with Gasteiger partial charge < -0.3 is 30.6 Å². The van der Waals surface area contributed by atoms with Crippen LogP contribution in [0.15, 0.2) is 0 Å². The van der Waals surface area contributed by atoms with Gasteiger partial charge in [-0.1, -0.05) is 0 Å². The zero-order valence-electron chi connectivity index (χ0n) is 7.07. The molecule has 78 valence electrons. The van der Waals surface area contributed by atoms with E-state index in [1.165, 1.54) is 0 Å². The van der Waals surface area contributed by atoms with Gasteiger partial charge in [-0.25, -0.2) is 0 Å². The van der Waals surface area contributed by atoms with Gasteiger partial charge in [0.05, 0.1) is 0 Å². The summed E-state index contributed by atoms with van der Waals surface area (Å²) in [6, 6.07) is 0. The molecule has 6 heteroatoms. The molecule has 0 aliphatic heterocycles. The van der Waals surface area contributed by atoms with E-state index < -0.39 is 36.1 Å². The number of rotatable bonds is 0. The van der Waals surface area contributed by atoms with Gasteiger partial charge in [-0.05, 0) is 6.92 Å². The van der Waals surface area contributed by atoms with Crippen molar-refractivity contribution in [3.63, 3.8) is 0 Å². The van der Waals surface area contributed by atoms with E-state index in [0.717, 1.165) is 6.92 Å². The minimum atomic E-state index is -2.03. The number of aliphatic hydroxyl groups is 6. The van der Waals surface area contributed by atoms with Gasteiger partial charge in [-0.3, -0.25) is 0 Å². The first-order valence-electron chi connectivity index (χ1n) is 3.93. The standard InChI is InChI=1S/C7H14O6/c1-7(13)5(11)3(9)2(8)4(10)6(7)12/h2-6,8-13H,1H3/t2?,3-,4+,5-,6-,7?/m0/s1. The Labute approximate surface area is 74.7 Å². The van der Waals surface area contributed by atoms with Crippen molar-refractivity contribution in [1.82, 2.24) is 0 Å². The summed E-state index contributed by atoms with van der Waals surface area (Å²) in [5.41, 5.74) is -2.03. The zero-order chi connectivity index (χ0) is 10.4. The van der Waals surface area contributed by atoms with Crippen LogP contribution >= 0.6 is 0 Å². The fourth-order valence-corrected chi connectivity index (χ4v) is 1.44. The van der Waals surface area contributed by atoms with E-state index in [1.54, 1.807) is 0 Å². The van der Waals surface area contributed by atoms with Gasteiger partial charge in [0, 0.05) is 0 Å². The third-order valence-corrected chi connectivity index (χ3v) is 2.54. The molecule has 0 saturated heterocycles. The molecule has 0 spiro atoms. The molecule has 0 heterocycles. The van der Waals surface area contributed by atoms with Crippen LogP contribution in [0.3, 0.4) is 0 Å². The van der Waals surface area contributed by atoms with Crippen molar-refractivity contribution < 1.29 is 30.6 Å². The molecular formula is C7H14O6. The molecule has 1 rings (SSSR count).